The van der Waals surface area contributed by atoms with Crippen molar-refractivity contribution in [3.8, 4) is 5.75 Å². The van der Waals surface area contributed by atoms with Gasteiger partial charge in [-0.2, -0.15) is 0 Å². The number of rotatable bonds is 16. The number of nitrogens with one attached hydrogen (secondary N) is 2. The van der Waals surface area contributed by atoms with Gasteiger partial charge in [-0.1, -0.05) is 80.6 Å². The molecule has 0 fully saturated rings. The van der Waals surface area contributed by atoms with Gasteiger partial charge in [0, 0.05) is 13.1 Å². The van der Waals surface area contributed by atoms with E-state index in [2.05, 4.69) is 74.4 Å². The lowest BCUT2D eigenvalue weighted by Crippen LogP contribution is -2.19. The summed E-state index contributed by atoms with van der Waals surface area (Å²) in [5.74, 6) is 0.963. The summed E-state index contributed by atoms with van der Waals surface area (Å²) in [4.78, 5) is 0. The minimum absolute atomic E-state index is 0.334. The summed E-state index contributed by atoms with van der Waals surface area (Å²) in [6.45, 7) is 14.4. The predicted molar refractivity (Wildman–Crippen MR) is 147 cm³/mol. The lowest BCUT2D eigenvalue weighted by atomic mass is 9.99. The molecule has 1 unspecified atom stereocenters. The van der Waals surface area contributed by atoms with E-state index >= 15 is 0 Å². The number of allylic oxidation sites excluding steroid dienone is 4. The Kier molecular flexibility index (Phi) is 13.1. The topological polar surface area (TPSA) is 44.3 Å². The molecule has 2 rings (SSSR count). The number of phenols is 1. The smallest absolute Gasteiger partial charge is 0.115 e. The monoisotopic (exact) mass is 460 g/mol. The average molecular weight is 461 g/mol. The Morgan fingerprint density at radius 2 is 1.59 bits per heavy atom. The number of hydrogen-bond donors (Lipinski definition) is 3. The molecule has 3 nitrogen and oxygen atoms in total. The van der Waals surface area contributed by atoms with Crippen LogP contribution in [0, 0.1) is 5.92 Å². The van der Waals surface area contributed by atoms with Crippen LogP contribution < -0.4 is 10.6 Å². The second-order valence-corrected chi connectivity index (χ2v) is 9.16. The summed E-state index contributed by atoms with van der Waals surface area (Å²) in [5, 5.41) is 16.6. The molecule has 0 saturated heterocycles. The lowest BCUT2D eigenvalue weighted by molar-refractivity contribution is 0.475. The molecule has 0 bridgehead atoms. The van der Waals surface area contributed by atoms with E-state index in [0.717, 1.165) is 51.9 Å². The van der Waals surface area contributed by atoms with Gasteiger partial charge in [-0.15, -0.1) is 0 Å². The first kappa shape index (κ1) is 27.6. The van der Waals surface area contributed by atoms with Crippen molar-refractivity contribution in [1.82, 2.24) is 10.6 Å². The largest absolute Gasteiger partial charge is 0.508 e. The van der Waals surface area contributed by atoms with Crippen LogP contribution >= 0.6 is 0 Å². The molecule has 0 aromatic heterocycles. The van der Waals surface area contributed by atoms with Gasteiger partial charge in [0.2, 0.25) is 0 Å². The zero-order valence-corrected chi connectivity index (χ0v) is 21.4. The van der Waals surface area contributed by atoms with Crippen molar-refractivity contribution < 1.29 is 5.11 Å². The zero-order valence-electron chi connectivity index (χ0n) is 21.4. The molecule has 0 aliphatic heterocycles. The van der Waals surface area contributed by atoms with Crippen molar-refractivity contribution in [2.75, 3.05) is 13.1 Å². The molecule has 0 heterocycles. The summed E-state index contributed by atoms with van der Waals surface area (Å²) in [6.07, 6.45) is 11.9. The molecule has 3 N–H and O–H groups in total. The van der Waals surface area contributed by atoms with Crippen LogP contribution in [0.4, 0.5) is 0 Å². The highest BCUT2D eigenvalue weighted by Crippen LogP contribution is 2.15. The Labute approximate surface area is 207 Å². The van der Waals surface area contributed by atoms with Gasteiger partial charge in [0.25, 0.3) is 0 Å². The van der Waals surface area contributed by atoms with Gasteiger partial charge >= 0.3 is 0 Å². The SMILES string of the molecule is C=C/C(=C\C=C(/C)C(C)CC)CCNCc1ccccc1CNCCCCc1ccc(O)cc1. The molecule has 0 amide bonds. The number of aromatic hydroxyl groups is 1. The molecule has 1 atom stereocenters. The van der Waals surface area contributed by atoms with E-state index in [0.29, 0.717) is 11.7 Å². The average Bonchev–Trinajstić information content (AvgIpc) is 2.86. The van der Waals surface area contributed by atoms with Gasteiger partial charge < -0.3 is 15.7 Å². The Morgan fingerprint density at radius 1 is 0.941 bits per heavy atom. The quantitative estimate of drug-likeness (QED) is 0.185. The summed E-state index contributed by atoms with van der Waals surface area (Å²) < 4.78 is 0. The second-order valence-electron chi connectivity index (χ2n) is 9.16. The van der Waals surface area contributed by atoms with E-state index in [1.54, 1.807) is 12.1 Å². The van der Waals surface area contributed by atoms with Crippen LogP contribution in [0.15, 0.2) is 84.5 Å². The van der Waals surface area contributed by atoms with Gasteiger partial charge in [-0.05, 0) is 92.4 Å². The normalized spacial score (nSPS) is 13.1. The fraction of sp³-hybridized carbons (Fsp3) is 0.419. The van der Waals surface area contributed by atoms with Crippen LogP contribution in [-0.4, -0.2) is 18.2 Å². The van der Waals surface area contributed by atoms with Crippen LogP contribution in [0.5, 0.6) is 5.75 Å². The first-order chi connectivity index (χ1) is 16.5. The summed E-state index contributed by atoms with van der Waals surface area (Å²) in [5.41, 5.74) is 6.70. The third-order valence-corrected chi connectivity index (χ3v) is 6.56. The van der Waals surface area contributed by atoms with Gasteiger partial charge in [0.1, 0.15) is 5.75 Å². The van der Waals surface area contributed by atoms with E-state index < -0.39 is 0 Å². The molecular formula is C31H44N2O. The first-order valence-corrected chi connectivity index (χ1v) is 12.8. The number of aryl methyl sites for hydroxylation is 1. The summed E-state index contributed by atoms with van der Waals surface area (Å²) in [7, 11) is 0. The zero-order chi connectivity index (χ0) is 24.6. The highest BCUT2D eigenvalue weighted by Gasteiger charge is 2.03. The van der Waals surface area contributed by atoms with Crippen molar-refractivity contribution in [3.63, 3.8) is 0 Å². The van der Waals surface area contributed by atoms with E-state index in [1.165, 1.54) is 34.3 Å². The molecule has 0 radical (unpaired) electrons. The minimum Gasteiger partial charge on any atom is -0.508 e. The van der Waals surface area contributed by atoms with Crippen LogP contribution in [0.25, 0.3) is 0 Å². The maximum atomic E-state index is 9.37. The first-order valence-electron chi connectivity index (χ1n) is 12.8. The number of hydrogen-bond acceptors (Lipinski definition) is 3. The van der Waals surface area contributed by atoms with E-state index in [1.807, 2.05) is 18.2 Å². The molecule has 0 spiro atoms. The Morgan fingerprint density at radius 3 is 2.21 bits per heavy atom. The predicted octanol–water partition coefficient (Wildman–Crippen LogP) is 7.09. The molecule has 184 valence electrons. The van der Waals surface area contributed by atoms with E-state index in [4.69, 9.17) is 0 Å². The highest BCUT2D eigenvalue weighted by atomic mass is 16.3. The van der Waals surface area contributed by atoms with Crippen molar-refractivity contribution in [2.45, 2.75) is 66.0 Å². The molecule has 3 heteroatoms. The minimum atomic E-state index is 0.334. The third-order valence-electron chi connectivity index (χ3n) is 6.56. The molecule has 0 saturated carbocycles. The summed E-state index contributed by atoms with van der Waals surface area (Å²) >= 11 is 0. The Balaban J connectivity index is 1.70. The Hall–Kier alpha value is -2.62. The van der Waals surface area contributed by atoms with E-state index in [-0.39, 0.29) is 0 Å². The fourth-order valence-electron chi connectivity index (χ4n) is 3.80. The molecule has 2 aromatic rings. The van der Waals surface area contributed by atoms with Crippen LogP contribution in [0.3, 0.4) is 0 Å². The number of benzene rings is 2. The molecular weight excluding hydrogens is 416 g/mol. The molecule has 34 heavy (non-hydrogen) atoms. The van der Waals surface area contributed by atoms with Crippen LogP contribution in [0.1, 0.15) is 63.1 Å². The molecule has 0 aliphatic carbocycles. The van der Waals surface area contributed by atoms with Crippen LogP contribution in [-0.2, 0) is 19.5 Å². The standard InChI is InChI=1S/C31H44N2O/c1-5-25(3)26(4)14-15-27(6-2)20-22-33-24-30-13-8-7-12-29(30)23-32-21-10-9-11-28-16-18-31(34)19-17-28/h6-8,12-19,25,32-34H,2,5,9-11,20-24H2,1,3-4H3/b26-14+,27-15+. The second kappa shape index (κ2) is 16.1. The Bertz CT molecular complexity index is 911. The lowest BCUT2D eigenvalue weighted by Gasteiger charge is -2.12. The van der Waals surface area contributed by atoms with Gasteiger partial charge in [-0.3, -0.25) is 0 Å². The van der Waals surface area contributed by atoms with Gasteiger partial charge in [0.05, 0.1) is 0 Å². The molecule has 2 aromatic carbocycles. The number of unbranched alkanes of at least 4 members (excludes halogenated alkanes) is 1. The maximum absolute atomic E-state index is 9.37. The van der Waals surface area contributed by atoms with Crippen molar-refractivity contribution in [2.24, 2.45) is 5.92 Å². The van der Waals surface area contributed by atoms with Gasteiger partial charge in [0.15, 0.2) is 0 Å². The summed E-state index contributed by atoms with van der Waals surface area (Å²) in [6, 6.07) is 16.2. The van der Waals surface area contributed by atoms with Crippen molar-refractivity contribution >= 4 is 0 Å². The third kappa shape index (κ3) is 10.5. The maximum Gasteiger partial charge on any atom is 0.115 e. The number of phenolic OH excluding ortho intramolecular Hbond substituents is 1. The van der Waals surface area contributed by atoms with E-state index in [9.17, 15) is 5.11 Å². The van der Waals surface area contributed by atoms with Crippen molar-refractivity contribution in [3.05, 3.63) is 101 Å². The van der Waals surface area contributed by atoms with Gasteiger partial charge in [-0.25, -0.2) is 0 Å². The highest BCUT2D eigenvalue weighted by molar-refractivity contribution is 5.28. The van der Waals surface area contributed by atoms with Crippen LogP contribution in [0.2, 0.25) is 0 Å². The molecule has 0 aliphatic rings. The van der Waals surface area contributed by atoms with Crippen molar-refractivity contribution in [1.29, 1.82) is 0 Å². The fourth-order valence-corrected chi connectivity index (χ4v) is 3.80.